The molecule has 80 valence electrons. The van der Waals surface area contributed by atoms with Crippen LogP contribution < -0.4 is 0 Å². The van der Waals surface area contributed by atoms with Crippen LogP contribution in [0, 0.1) is 32.1 Å². The van der Waals surface area contributed by atoms with Crippen molar-refractivity contribution in [2.24, 2.45) is 0 Å². The van der Waals surface area contributed by atoms with E-state index in [2.05, 4.69) is 11.1 Å². The molecular weight excluding hydrogens is 198 g/mol. The number of aromatic nitrogens is 2. The molecule has 0 fully saturated rings. The molecule has 0 N–H and O–H groups in total. The molecule has 0 saturated heterocycles. The summed E-state index contributed by atoms with van der Waals surface area (Å²) >= 11 is 0. The van der Waals surface area contributed by atoms with Gasteiger partial charge in [0.15, 0.2) is 0 Å². The standard InChI is InChI=1S/C13H13N3/c1-9-10(2)16(11(3)15-9)13-7-5-4-6-12(13)8-14/h4-7H,1-3H3. The molecule has 0 atom stereocenters. The SMILES string of the molecule is Cc1nc(C)n(-c2ccccc2C#N)c1C. The lowest BCUT2D eigenvalue weighted by Gasteiger charge is -2.09. The molecule has 0 aliphatic heterocycles. The van der Waals surface area contributed by atoms with Gasteiger partial charge in [0.25, 0.3) is 0 Å². The Labute approximate surface area is 95.0 Å². The number of nitriles is 1. The van der Waals surface area contributed by atoms with Crippen LogP contribution in [0.2, 0.25) is 0 Å². The monoisotopic (exact) mass is 211 g/mol. The van der Waals surface area contributed by atoms with Gasteiger partial charge in [-0.1, -0.05) is 12.1 Å². The largest absolute Gasteiger partial charge is 0.300 e. The summed E-state index contributed by atoms with van der Waals surface area (Å²) in [5.41, 5.74) is 3.66. The number of hydrogen-bond acceptors (Lipinski definition) is 2. The van der Waals surface area contributed by atoms with Crippen LogP contribution in [0.25, 0.3) is 5.69 Å². The Hall–Kier alpha value is -2.08. The van der Waals surface area contributed by atoms with Gasteiger partial charge in [0, 0.05) is 5.69 Å². The summed E-state index contributed by atoms with van der Waals surface area (Å²) in [6.07, 6.45) is 0. The molecule has 16 heavy (non-hydrogen) atoms. The van der Waals surface area contributed by atoms with E-state index in [9.17, 15) is 0 Å². The second-order valence-corrected chi connectivity index (χ2v) is 3.79. The van der Waals surface area contributed by atoms with Gasteiger partial charge in [-0.25, -0.2) is 4.98 Å². The average Bonchev–Trinajstić information content (AvgIpc) is 2.53. The van der Waals surface area contributed by atoms with E-state index in [0.717, 1.165) is 22.9 Å². The topological polar surface area (TPSA) is 41.6 Å². The van der Waals surface area contributed by atoms with E-state index < -0.39 is 0 Å². The van der Waals surface area contributed by atoms with Crippen molar-refractivity contribution in [3.63, 3.8) is 0 Å². The molecule has 0 unspecified atom stereocenters. The Morgan fingerprint density at radius 1 is 1.19 bits per heavy atom. The number of imidazole rings is 1. The number of nitrogens with zero attached hydrogens (tertiary/aromatic N) is 3. The van der Waals surface area contributed by atoms with Gasteiger partial charge in [0.2, 0.25) is 0 Å². The number of aryl methyl sites for hydroxylation is 2. The third-order valence-corrected chi connectivity index (χ3v) is 2.78. The highest BCUT2D eigenvalue weighted by molar-refractivity contribution is 5.50. The fourth-order valence-corrected chi connectivity index (χ4v) is 1.90. The van der Waals surface area contributed by atoms with Crippen LogP contribution in [0.4, 0.5) is 0 Å². The Morgan fingerprint density at radius 3 is 2.44 bits per heavy atom. The zero-order chi connectivity index (χ0) is 11.7. The molecule has 0 aliphatic carbocycles. The van der Waals surface area contributed by atoms with E-state index >= 15 is 0 Å². The molecule has 1 aromatic carbocycles. The number of hydrogen-bond donors (Lipinski definition) is 0. The molecule has 0 amide bonds. The maximum absolute atomic E-state index is 9.08. The van der Waals surface area contributed by atoms with E-state index in [1.54, 1.807) is 0 Å². The lowest BCUT2D eigenvalue weighted by molar-refractivity contribution is 0.937. The smallest absolute Gasteiger partial charge is 0.110 e. The van der Waals surface area contributed by atoms with Crippen LogP contribution in [0.3, 0.4) is 0 Å². The van der Waals surface area contributed by atoms with E-state index in [-0.39, 0.29) is 0 Å². The second kappa shape index (κ2) is 3.82. The van der Waals surface area contributed by atoms with Crippen LogP contribution in [-0.2, 0) is 0 Å². The second-order valence-electron chi connectivity index (χ2n) is 3.79. The molecule has 0 bridgehead atoms. The first-order valence-electron chi connectivity index (χ1n) is 5.17. The van der Waals surface area contributed by atoms with Gasteiger partial charge in [0.05, 0.1) is 16.9 Å². The summed E-state index contributed by atoms with van der Waals surface area (Å²) in [6.45, 7) is 5.95. The maximum atomic E-state index is 9.08. The van der Waals surface area contributed by atoms with E-state index in [1.807, 2.05) is 49.6 Å². The highest BCUT2D eigenvalue weighted by Gasteiger charge is 2.11. The molecule has 2 aromatic rings. The van der Waals surface area contributed by atoms with Crippen molar-refractivity contribution < 1.29 is 0 Å². The zero-order valence-corrected chi connectivity index (χ0v) is 9.65. The van der Waals surface area contributed by atoms with Gasteiger partial charge in [-0.05, 0) is 32.9 Å². The molecule has 1 heterocycles. The number of benzene rings is 1. The molecule has 0 spiro atoms. The van der Waals surface area contributed by atoms with E-state index in [1.165, 1.54) is 0 Å². The van der Waals surface area contributed by atoms with Gasteiger partial charge in [0.1, 0.15) is 11.9 Å². The molecule has 3 nitrogen and oxygen atoms in total. The van der Waals surface area contributed by atoms with Gasteiger partial charge >= 0.3 is 0 Å². The van der Waals surface area contributed by atoms with Crippen molar-refractivity contribution in [1.82, 2.24) is 9.55 Å². The van der Waals surface area contributed by atoms with Crippen molar-refractivity contribution >= 4 is 0 Å². The summed E-state index contributed by atoms with van der Waals surface area (Å²) in [5.74, 6) is 0.915. The lowest BCUT2D eigenvalue weighted by Crippen LogP contribution is -2.01. The number of para-hydroxylation sites is 1. The van der Waals surface area contributed by atoms with Gasteiger partial charge < -0.3 is 0 Å². The van der Waals surface area contributed by atoms with Crippen molar-refractivity contribution in [3.8, 4) is 11.8 Å². The maximum Gasteiger partial charge on any atom is 0.110 e. The van der Waals surface area contributed by atoms with Crippen molar-refractivity contribution in [2.75, 3.05) is 0 Å². The summed E-state index contributed by atoms with van der Waals surface area (Å²) in [7, 11) is 0. The van der Waals surface area contributed by atoms with E-state index in [0.29, 0.717) is 5.56 Å². The third kappa shape index (κ3) is 1.49. The Morgan fingerprint density at radius 2 is 1.88 bits per heavy atom. The highest BCUT2D eigenvalue weighted by atomic mass is 15.1. The van der Waals surface area contributed by atoms with Gasteiger partial charge in [-0.3, -0.25) is 4.57 Å². The summed E-state index contributed by atoms with van der Waals surface area (Å²) in [4.78, 5) is 4.42. The fourth-order valence-electron chi connectivity index (χ4n) is 1.90. The van der Waals surface area contributed by atoms with E-state index in [4.69, 9.17) is 5.26 Å². The molecule has 0 radical (unpaired) electrons. The molecular formula is C13H13N3. The van der Waals surface area contributed by atoms with Crippen LogP contribution in [0.1, 0.15) is 22.8 Å². The Balaban J connectivity index is 2.73. The highest BCUT2D eigenvalue weighted by Crippen LogP contribution is 2.20. The molecule has 1 aromatic heterocycles. The van der Waals surface area contributed by atoms with Crippen LogP contribution in [0.15, 0.2) is 24.3 Å². The van der Waals surface area contributed by atoms with Crippen LogP contribution >= 0.6 is 0 Å². The van der Waals surface area contributed by atoms with Crippen LogP contribution in [-0.4, -0.2) is 9.55 Å². The van der Waals surface area contributed by atoms with Gasteiger partial charge in [-0.15, -0.1) is 0 Å². The molecule has 0 saturated carbocycles. The van der Waals surface area contributed by atoms with Crippen LogP contribution in [0.5, 0.6) is 0 Å². The van der Waals surface area contributed by atoms with Crippen molar-refractivity contribution in [3.05, 3.63) is 47.0 Å². The minimum Gasteiger partial charge on any atom is -0.300 e. The third-order valence-electron chi connectivity index (χ3n) is 2.78. The summed E-state index contributed by atoms with van der Waals surface area (Å²) in [6, 6.07) is 9.78. The fraction of sp³-hybridized carbons (Fsp3) is 0.231. The summed E-state index contributed by atoms with van der Waals surface area (Å²) < 4.78 is 2.02. The quantitative estimate of drug-likeness (QED) is 0.727. The van der Waals surface area contributed by atoms with Crippen molar-refractivity contribution in [1.29, 1.82) is 5.26 Å². The minimum atomic E-state index is 0.672. The minimum absolute atomic E-state index is 0.672. The number of rotatable bonds is 1. The molecule has 0 aliphatic rings. The first kappa shape index (κ1) is 10.4. The molecule has 3 heteroatoms. The summed E-state index contributed by atoms with van der Waals surface area (Å²) in [5, 5.41) is 9.08. The molecule has 2 rings (SSSR count). The first-order chi connectivity index (χ1) is 7.65. The van der Waals surface area contributed by atoms with Gasteiger partial charge in [-0.2, -0.15) is 5.26 Å². The average molecular weight is 211 g/mol. The predicted molar refractivity (Wildman–Crippen MR) is 62.5 cm³/mol. The Kier molecular flexibility index (Phi) is 2.49. The van der Waals surface area contributed by atoms with Crippen molar-refractivity contribution in [2.45, 2.75) is 20.8 Å². The normalized spacial score (nSPS) is 10.1. The Bertz CT molecular complexity index is 573. The zero-order valence-electron chi connectivity index (χ0n) is 9.65. The lowest BCUT2D eigenvalue weighted by atomic mass is 10.2. The first-order valence-corrected chi connectivity index (χ1v) is 5.17. The predicted octanol–water partition coefficient (Wildman–Crippen LogP) is 2.67.